The zero-order valence-corrected chi connectivity index (χ0v) is 15.7. The quantitative estimate of drug-likeness (QED) is 0.731. The number of halogens is 1. The summed E-state index contributed by atoms with van der Waals surface area (Å²) in [6.45, 7) is 3.68. The minimum atomic E-state index is -0.699. The molecule has 2 heterocycles. The number of aryl methyl sites for hydroxylation is 2. The van der Waals surface area contributed by atoms with Crippen molar-refractivity contribution in [1.29, 1.82) is 0 Å². The van der Waals surface area contributed by atoms with Gasteiger partial charge in [-0.15, -0.1) is 0 Å². The van der Waals surface area contributed by atoms with E-state index >= 15 is 0 Å². The third-order valence-corrected chi connectivity index (χ3v) is 4.56. The van der Waals surface area contributed by atoms with Crippen LogP contribution in [0.2, 0.25) is 0 Å². The highest BCUT2D eigenvalue weighted by Crippen LogP contribution is 2.15. The lowest BCUT2D eigenvalue weighted by Crippen LogP contribution is -2.42. The molecule has 146 valence electrons. The summed E-state index contributed by atoms with van der Waals surface area (Å²) in [6.07, 6.45) is 0. The molecule has 0 unspecified atom stereocenters. The first-order valence-electron chi connectivity index (χ1n) is 8.74. The molecule has 9 heteroatoms. The normalized spacial score (nSPS) is 11.0. The standard InChI is InChI=1S/C19H19FN4O4/c1-4-23-14(25)10-13(16(26)21-12-8-6-11(20)7-9-12)15-17(23)22(3)19(28)24(5-2)18(15)27/h6-10H,4-5H2,1-3H3,(H,21,26). The van der Waals surface area contributed by atoms with Crippen LogP contribution in [0, 0.1) is 5.82 Å². The highest BCUT2D eigenvalue weighted by molar-refractivity contribution is 6.11. The Labute approximate surface area is 158 Å². The van der Waals surface area contributed by atoms with Crippen molar-refractivity contribution in [3.8, 4) is 0 Å². The Kier molecular flexibility index (Phi) is 5.00. The van der Waals surface area contributed by atoms with Crippen molar-refractivity contribution in [2.24, 2.45) is 7.05 Å². The molecule has 0 aliphatic rings. The Morgan fingerprint density at radius 2 is 1.64 bits per heavy atom. The topological polar surface area (TPSA) is 95.1 Å². The van der Waals surface area contributed by atoms with E-state index in [-0.39, 0.29) is 29.7 Å². The maximum Gasteiger partial charge on any atom is 0.332 e. The van der Waals surface area contributed by atoms with Crippen LogP contribution in [0.25, 0.3) is 11.0 Å². The first kappa shape index (κ1) is 19.3. The van der Waals surface area contributed by atoms with Gasteiger partial charge in [0.05, 0.1) is 10.9 Å². The van der Waals surface area contributed by atoms with Gasteiger partial charge in [-0.25, -0.2) is 9.18 Å². The highest BCUT2D eigenvalue weighted by Gasteiger charge is 2.22. The van der Waals surface area contributed by atoms with Crippen molar-refractivity contribution in [3.63, 3.8) is 0 Å². The molecule has 0 aliphatic carbocycles. The van der Waals surface area contributed by atoms with Crippen molar-refractivity contribution in [2.75, 3.05) is 5.32 Å². The summed E-state index contributed by atoms with van der Waals surface area (Å²) < 4.78 is 16.5. The van der Waals surface area contributed by atoms with Gasteiger partial charge in [-0.05, 0) is 38.1 Å². The van der Waals surface area contributed by atoms with Crippen LogP contribution < -0.4 is 22.1 Å². The van der Waals surface area contributed by atoms with E-state index in [2.05, 4.69) is 5.32 Å². The van der Waals surface area contributed by atoms with Gasteiger partial charge in [0.15, 0.2) is 0 Å². The monoisotopic (exact) mass is 386 g/mol. The van der Waals surface area contributed by atoms with Crippen LogP contribution >= 0.6 is 0 Å². The van der Waals surface area contributed by atoms with Crippen LogP contribution in [0.3, 0.4) is 0 Å². The number of hydrogen-bond acceptors (Lipinski definition) is 4. The number of aromatic nitrogens is 3. The lowest BCUT2D eigenvalue weighted by atomic mass is 10.1. The minimum Gasteiger partial charge on any atom is -0.322 e. The molecule has 1 amide bonds. The van der Waals surface area contributed by atoms with E-state index in [9.17, 15) is 23.6 Å². The second-order valence-electron chi connectivity index (χ2n) is 6.19. The van der Waals surface area contributed by atoms with Crippen molar-refractivity contribution in [2.45, 2.75) is 26.9 Å². The molecule has 1 N–H and O–H groups in total. The largest absolute Gasteiger partial charge is 0.332 e. The van der Waals surface area contributed by atoms with Crippen molar-refractivity contribution in [3.05, 3.63) is 72.9 Å². The van der Waals surface area contributed by atoms with Crippen LogP contribution in [0.4, 0.5) is 10.1 Å². The summed E-state index contributed by atoms with van der Waals surface area (Å²) in [7, 11) is 1.45. The van der Waals surface area contributed by atoms with E-state index in [1.54, 1.807) is 13.8 Å². The average Bonchev–Trinajstić information content (AvgIpc) is 2.67. The van der Waals surface area contributed by atoms with Crippen LogP contribution in [0.5, 0.6) is 0 Å². The maximum absolute atomic E-state index is 13.1. The number of pyridine rings is 1. The smallest absolute Gasteiger partial charge is 0.322 e. The molecule has 0 atom stereocenters. The van der Waals surface area contributed by atoms with Gasteiger partial charge in [0, 0.05) is 31.9 Å². The number of carbonyl (C=O) groups is 1. The lowest BCUT2D eigenvalue weighted by Gasteiger charge is -2.16. The van der Waals surface area contributed by atoms with Gasteiger partial charge in [0.25, 0.3) is 17.0 Å². The molecular weight excluding hydrogens is 367 g/mol. The summed E-state index contributed by atoms with van der Waals surface area (Å²) in [5, 5.41) is 2.53. The molecular formula is C19H19FN4O4. The molecule has 1 aromatic carbocycles. The number of hydrogen-bond donors (Lipinski definition) is 1. The molecule has 3 aromatic rings. The average molecular weight is 386 g/mol. The summed E-state index contributed by atoms with van der Waals surface area (Å²) >= 11 is 0. The fourth-order valence-electron chi connectivity index (χ4n) is 3.18. The molecule has 0 aliphatic heterocycles. The molecule has 0 fully saturated rings. The fraction of sp³-hybridized carbons (Fsp3) is 0.263. The summed E-state index contributed by atoms with van der Waals surface area (Å²) in [4.78, 5) is 50.8. The third-order valence-electron chi connectivity index (χ3n) is 4.56. The first-order chi connectivity index (χ1) is 13.3. The first-order valence-corrected chi connectivity index (χ1v) is 8.74. The van der Waals surface area contributed by atoms with E-state index in [0.29, 0.717) is 5.69 Å². The van der Waals surface area contributed by atoms with E-state index in [0.717, 1.165) is 10.6 Å². The highest BCUT2D eigenvalue weighted by atomic mass is 19.1. The van der Waals surface area contributed by atoms with Gasteiger partial charge in [0.2, 0.25) is 0 Å². The zero-order chi connectivity index (χ0) is 20.6. The number of carbonyl (C=O) groups excluding carboxylic acids is 1. The van der Waals surface area contributed by atoms with Crippen LogP contribution in [-0.4, -0.2) is 19.6 Å². The van der Waals surface area contributed by atoms with Gasteiger partial charge >= 0.3 is 5.69 Å². The van der Waals surface area contributed by atoms with Gasteiger partial charge in [-0.3, -0.25) is 28.1 Å². The Bertz CT molecular complexity index is 1250. The van der Waals surface area contributed by atoms with E-state index < -0.39 is 28.5 Å². The number of nitrogens with one attached hydrogen (secondary N) is 1. The van der Waals surface area contributed by atoms with Gasteiger partial charge < -0.3 is 5.32 Å². The lowest BCUT2D eigenvalue weighted by molar-refractivity contribution is 0.102. The number of rotatable bonds is 4. The Hall–Kier alpha value is -3.49. The van der Waals surface area contributed by atoms with Crippen LogP contribution in [-0.2, 0) is 20.1 Å². The third kappa shape index (κ3) is 3.04. The second kappa shape index (κ2) is 7.26. The molecule has 0 bridgehead atoms. The number of nitrogens with zero attached hydrogens (tertiary/aromatic N) is 3. The van der Waals surface area contributed by atoms with Crippen LogP contribution in [0.15, 0.2) is 44.7 Å². The van der Waals surface area contributed by atoms with Crippen molar-refractivity contribution >= 4 is 22.6 Å². The molecule has 0 saturated carbocycles. The molecule has 0 radical (unpaired) electrons. The van der Waals surface area contributed by atoms with Crippen LogP contribution in [0.1, 0.15) is 24.2 Å². The molecule has 3 rings (SSSR count). The molecule has 28 heavy (non-hydrogen) atoms. The van der Waals surface area contributed by atoms with E-state index in [1.165, 1.54) is 40.4 Å². The van der Waals surface area contributed by atoms with Crippen molar-refractivity contribution in [1.82, 2.24) is 13.7 Å². The Morgan fingerprint density at radius 3 is 2.21 bits per heavy atom. The van der Waals surface area contributed by atoms with E-state index in [4.69, 9.17) is 0 Å². The summed E-state index contributed by atoms with van der Waals surface area (Å²) in [6, 6.07) is 6.16. The Balaban J connectivity index is 2.34. The molecule has 0 spiro atoms. The second-order valence-corrected chi connectivity index (χ2v) is 6.19. The number of anilines is 1. The SMILES string of the molecule is CCn1c(=O)c2c(C(=O)Nc3ccc(F)cc3)cc(=O)n(CC)c2n(C)c1=O. The van der Waals surface area contributed by atoms with Crippen molar-refractivity contribution < 1.29 is 9.18 Å². The predicted octanol–water partition coefficient (Wildman–Crippen LogP) is 1.29. The maximum atomic E-state index is 13.1. The predicted molar refractivity (Wildman–Crippen MR) is 103 cm³/mol. The minimum absolute atomic E-state index is 0.0231. The van der Waals surface area contributed by atoms with Gasteiger partial charge in [0.1, 0.15) is 11.5 Å². The Morgan fingerprint density at radius 1 is 1.04 bits per heavy atom. The van der Waals surface area contributed by atoms with E-state index in [1.807, 2.05) is 0 Å². The van der Waals surface area contributed by atoms with Gasteiger partial charge in [-0.2, -0.15) is 0 Å². The summed E-state index contributed by atoms with van der Waals surface area (Å²) in [5.74, 6) is -1.16. The number of amides is 1. The van der Waals surface area contributed by atoms with Gasteiger partial charge in [-0.1, -0.05) is 0 Å². The zero-order valence-electron chi connectivity index (χ0n) is 15.7. The molecule has 8 nitrogen and oxygen atoms in total. The number of fused-ring (bicyclic) bond motifs is 1. The molecule has 2 aromatic heterocycles. The summed E-state index contributed by atoms with van der Waals surface area (Å²) in [5.41, 5.74) is -1.48. The fourth-order valence-corrected chi connectivity index (χ4v) is 3.18. The number of benzene rings is 1. The molecule has 0 saturated heterocycles.